The maximum atomic E-state index is 13.2. The predicted molar refractivity (Wildman–Crippen MR) is 114 cm³/mol. The number of aromatic nitrogens is 2. The normalized spacial score (nSPS) is 19.3. The number of benzene rings is 1. The molecule has 1 fully saturated rings. The fraction of sp³-hybridized carbons (Fsp3) is 0.522. The van der Waals surface area contributed by atoms with Gasteiger partial charge < -0.3 is 14.6 Å². The number of amides is 1. The number of piperidine rings is 1. The first-order valence-electron chi connectivity index (χ1n) is 10.9. The number of ether oxygens (including phenoxy) is 1. The van der Waals surface area contributed by atoms with Crippen molar-refractivity contribution in [2.75, 3.05) is 33.4 Å². The third kappa shape index (κ3) is 5.19. The number of H-pyrrole nitrogens is 1. The molecule has 0 radical (unpaired) electrons. The Morgan fingerprint density at radius 3 is 2.87 bits per heavy atom. The van der Waals surface area contributed by atoms with Crippen LogP contribution in [0.15, 0.2) is 29.1 Å². The van der Waals surface area contributed by atoms with Crippen molar-refractivity contribution in [2.45, 2.75) is 44.7 Å². The van der Waals surface area contributed by atoms with Gasteiger partial charge in [0.1, 0.15) is 11.6 Å². The van der Waals surface area contributed by atoms with E-state index in [2.05, 4.69) is 9.88 Å². The highest BCUT2D eigenvalue weighted by Crippen LogP contribution is 2.26. The number of nitrogens with zero attached hydrogens (tertiary/aromatic N) is 3. The van der Waals surface area contributed by atoms with E-state index in [1.807, 2.05) is 12.1 Å². The van der Waals surface area contributed by atoms with Crippen molar-refractivity contribution in [3.8, 4) is 0 Å². The fourth-order valence-electron chi connectivity index (χ4n) is 4.47. The second-order valence-electron chi connectivity index (χ2n) is 8.39. The first kappa shape index (κ1) is 21.6. The van der Waals surface area contributed by atoms with Crippen LogP contribution in [0.3, 0.4) is 0 Å². The smallest absolute Gasteiger partial charge is 0.256 e. The molecule has 31 heavy (non-hydrogen) atoms. The minimum atomic E-state index is -0.227. The summed E-state index contributed by atoms with van der Waals surface area (Å²) in [6, 6.07) is 6.61. The summed E-state index contributed by atoms with van der Waals surface area (Å²) in [7, 11) is 1.57. The van der Waals surface area contributed by atoms with Crippen LogP contribution in [-0.4, -0.2) is 59.0 Å². The van der Waals surface area contributed by atoms with Gasteiger partial charge in [-0.25, -0.2) is 9.37 Å². The molecule has 1 aromatic heterocycles. The molecule has 1 unspecified atom stereocenters. The summed E-state index contributed by atoms with van der Waals surface area (Å²) >= 11 is 0. The highest BCUT2D eigenvalue weighted by molar-refractivity contribution is 5.76. The molecule has 1 aromatic carbocycles. The molecule has 2 aliphatic heterocycles. The fourth-order valence-corrected chi connectivity index (χ4v) is 4.47. The molecule has 2 aromatic rings. The van der Waals surface area contributed by atoms with Crippen LogP contribution in [0, 0.1) is 5.82 Å². The zero-order chi connectivity index (χ0) is 21.8. The van der Waals surface area contributed by atoms with E-state index in [0.717, 1.165) is 49.6 Å². The van der Waals surface area contributed by atoms with Gasteiger partial charge >= 0.3 is 0 Å². The minimum absolute atomic E-state index is 0.000285. The molecule has 0 saturated carbocycles. The summed E-state index contributed by atoms with van der Waals surface area (Å²) in [5.74, 6) is 0.676. The lowest BCUT2D eigenvalue weighted by Crippen LogP contribution is -2.41. The van der Waals surface area contributed by atoms with E-state index in [1.165, 1.54) is 12.1 Å². The van der Waals surface area contributed by atoms with Crippen molar-refractivity contribution < 1.29 is 13.9 Å². The van der Waals surface area contributed by atoms with Gasteiger partial charge in [-0.1, -0.05) is 12.1 Å². The number of fused-ring (bicyclic) bond motifs is 1. The molecule has 3 heterocycles. The second kappa shape index (κ2) is 9.70. The van der Waals surface area contributed by atoms with E-state index in [1.54, 1.807) is 12.0 Å². The van der Waals surface area contributed by atoms with Gasteiger partial charge in [-0.05, 0) is 37.1 Å². The van der Waals surface area contributed by atoms with E-state index < -0.39 is 0 Å². The summed E-state index contributed by atoms with van der Waals surface area (Å²) < 4.78 is 18.1. The van der Waals surface area contributed by atoms with Crippen molar-refractivity contribution in [1.82, 2.24) is 19.8 Å². The summed E-state index contributed by atoms with van der Waals surface area (Å²) in [4.78, 5) is 36.9. The van der Waals surface area contributed by atoms with Crippen LogP contribution < -0.4 is 5.56 Å². The Balaban J connectivity index is 1.44. The largest absolute Gasteiger partial charge is 0.384 e. The average Bonchev–Trinajstić information content (AvgIpc) is 2.79. The Hall–Kier alpha value is -2.58. The first-order valence-corrected chi connectivity index (χ1v) is 10.9. The summed E-state index contributed by atoms with van der Waals surface area (Å²) in [6.45, 7) is 3.80. The van der Waals surface area contributed by atoms with Crippen LogP contribution in [-0.2, 0) is 29.0 Å². The number of rotatable bonds is 6. The maximum Gasteiger partial charge on any atom is 0.256 e. The van der Waals surface area contributed by atoms with Crippen molar-refractivity contribution in [3.05, 3.63) is 63.1 Å². The van der Waals surface area contributed by atoms with Crippen LogP contribution >= 0.6 is 0 Å². The van der Waals surface area contributed by atoms with Crippen LogP contribution in [0.1, 0.15) is 47.8 Å². The number of likely N-dealkylation sites (tertiary alicyclic amines) is 1. The molecule has 0 bridgehead atoms. The molecule has 1 N–H and O–H groups in total. The molecule has 166 valence electrons. The predicted octanol–water partition coefficient (Wildman–Crippen LogP) is 2.21. The summed E-state index contributed by atoms with van der Waals surface area (Å²) in [5.41, 5.74) is 2.34. The number of carbonyl (C=O) groups is 1. The lowest BCUT2D eigenvalue weighted by molar-refractivity contribution is -0.133. The van der Waals surface area contributed by atoms with Crippen molar-refractivity contribution in [1.29, 1.82) is 0 Å². The van der Waals surface area contributed by atoms with Crippen LogP contribution in [0.4, 0.5) is 4.39 Å². The molecule has 0 spiro atoms. The lowest BCUT2D eigenvalue weighted by Gasteiger charge is -2.33. The van der Waals surface area contributed by atoms with Crippen LogP contribution in [0.25, 0.3) is 0 Å². The molecular weight excluding hydrogens is 399 g/mol. The molecule has 8 heteroatoms. The molecule has 2 aliphatic rings. The monoisotopic (exact) mass is 428 g/mol. The van der Waals surface area contributed by atoms with Gasteiger partial charge in [0.15, 0.2) is 0 Å². The van der Waals surface area contributed by atoms with Crippen LogP contribution in [0.5, 0.6) is 0 Å². The van der Waals surface area contributed by atoms with Crippen molar-refractivity contribution >= 4 is 5.91 Å². The van der Waals surface area contributed by atoms with E-state index in [9.17, 15) is 14.0 Å². The van der Waals surface area contributed by atoms with E-state index in [4.69, 9.17) is 9.72 Å². The molecule has 7 nitrogen and oxygen atoms in total. The molecule has 1 saturated heterocycles. The number of hydrogen-bond acceptors (Lipinski definition) is 5. The second-order valence-corrected chi connectivity index (χ2v) is 8.39. The van der Waals surface area contributed by atoms with Gasteiger partial charge in [0, 0.05) is 39.1 Å². The van der Waals surface area contributed by atoms with Crippen molar-refractivity contribution in [3.63, 3.8) is 0 Å². The van der Waals surface area contributed by atoms with E-state index in [-0.39, 0.29) is 23.2 Å². The summed E-state index contributed by atoms with van der Waals surface area (Å²) in [5, 5.41) is 0. The third-order valence-corrected chi connectivity index (χ3v) is 6.17. The zero-order valence-corrected chi connectivity index (χ0v) is 17.9. The molecular formula is C23H29FN4O3. The highest BCUT2D eigenvalue weighted by atomic mass is 19.1. The molecule has 0 aliphatic carbocycles. The average molecular weight is 429 g/mol. The number of carbonyl (C=O) groups excluding carboxylic acids is 1. The van der Waals surface area contributed by atoms with Gasteiger partial charge in [0.2, 0.25) is 5.91 Å². The van der Waals surface area contributed by atoms with Gasteiger partial charge in [0.25, 0.3) is 5.56 Å². The van der Waals surface area contributed by atoms with Gasteiger partial charge in [-0.3, -0.25) is 14.5 Å². The third-order valence-electron chi connectivity index (χ3n) is 6.17. The Morgan fingerprint density at radius 2 is 2.10 bits per heavy atom. The zero-order valence-electron chi connectivity index (χ0n) is 17.9. The van der Waals surface area contributed by atoms with Crippen LogP contribution in [0.2, 0.25) is 0 Å². The Morgan fingerprint density at radius 1 is 1.29 bits per heavy atom. The SMILES string of the molecule is COCCC(=O)N1CCc2nc(C3CCCN(Cc4ccc(F)cc4)C3)[nH]c(=O)c2C1. The topological polar surface area (TPSA) is 78.5 Å². The lowest BCUT2D eigenvalue weighted by atomic mass is 9.96. The first-order chi connectivity index (χ1) is 15.0. The van der Waals surface area contributed by atoms with Gasteiger partial charge in [-0.2, -0.15) is 0 Å². The summed E-state index contributed by atoms with van der Waals surface area (Å²) in [6.07, 6.45) is 2.91. The number of nitrogens with one attached hydrogen (secondary N) is 1. The number of aromatic amines is 1. The van der Waals surface area contributed by atoms with Crippen molar-refractivity contribution in [2.24, 2.45) is 0 Å². The molecule has 1 amide bonds. The number of halogens is 1. The maximum absolute atomic E-state index is 13.2. The Labute approximate surface area is 181 Å². The van der Waals surface area contributed by atoms with Gasteiger partial charge in [0.05, 0.1) is 30.8 Å². The quantitative estimate of drug-likeness (QED) is 0.763. The number of methoxy groups -OCH3 is 1. The number of hydrogen-bond donors (Lipinski definition) is 1. The Kier molecular flexibility index (Phi) is 6.77. The molecule has 4 rings (SSSR count). The minimum Gasteiger partial charge on any atom is -0.384 e. The van der Waals surface area contributed by atoms with E-state index in [0.29, 0.717) is 38.1 Å². The Bertz CT molecular complexity index is 976. The highest BCUT2D eigenvalue weighted by Gasteiger charge is 2.28. The molecule has 1 atom stereocenters. The van der Waals surface area contributed by atoms with Gasteiger partial charge in [-0.15, -0.1) is 0 Å². The standard InChI is InChI=1S/C23H29FN4O3/c1-31-12-9-21(29)28-11-8-20-19(15-28)23(30)26-22(25-20)17-3-2-10-27(14-17)13-16-4-6-18(24)7-5-16/h4-7,17H,2-3,8-15H2,1H3,(H,25,26,30). The van der Waals surface area contributed by atoms with E-state index >= 15 is 0 Å².